The quantitative estimate of drug-likeness (QED) is 0.545. The van der Waals surface area contributed by atoms with E-state index in [9.17, 15) is 14.9 Å². The van der Waals surface area contributed by atoms with Gasteiger partial charge in [-0.15, -0.1) is 0 Å². The van der Waals surface area contributed by atoms with Gasteiger partial charge in [0.05, 0.1) is 24.8 Å². The Hall–Kier alpha value is -3.45. The summed E-state index contributed by atoms with van der Waals surface area (Å²) in [7, 11) is 3.31. The predicted molar refractivity (Wildman–Crippen MR) is 126 cm³/mol. The smallest absolute Gasteiger partial charge is 0.408 e. The van der Waals surface area contributed by atoms with Crippen molar-refractivity contribution in [1.29, 1.82) is 5.26 Å². The largest absolute Gasteiger partial charge is 0.419 e. The number of nitrogens with one attached hydrogen (secondary N) is 2. The molecule has 1 saturated heterocycles. The van der Waals surface area contributed by atoms with Gasteiger partial charge in [-0.2, -0.15) is 5.26 Å². The Kier molecular flexibility index (Phi) is 7.43. The van der Waals surface area contributed by atoms with Gasteiger partial charge in [-0.1, -0.05) is 30.3 Å². The van der Waals surface area contributed by atoms with Crippen LogP contribution >= 0.6 is 0 Å². The minimum Gasteiger partial charge on any atom is -0.408 e. The van der Waals surface area contributed by atoms with E-state index in [0.717, 1.165) is 28.8 Å². The van der Waals surface area contributed by atoms with Gasteiger partial charge >= 0.3 is 5.76 Å². The van der Waals surface area contributed by atoms with Gasteiger partial charge in [0.2, 0.25) is 0 Å². The zero-order valence-corrected chi connectivity index (χ0v) is 19.2. The number of aromatic nitrogens is 1. The maximum atomic E-state index is 12.7. The molecule has 1 amide bonds. The van der Waals surface area contributed by atoms with Crippen LogP contribution in [0, 0.1) is 17.2 Å². The van der Waals surface area contributed by atoms with Crippen LogP contribution in [0.1, 0.15) is 5.56 Å². The van der Waals surface area contributed by atoms with Crippen molar-refractivity contribution in [2.75, 3.05) is 33.4 Å². The van der Waals surface area contributed by atoms with Crippen LogP contribution in [-0.4, -0.2) is 56.0 Å². The molecule has 178 valence electrons. The molecule has 1 fully saturated rings. The molecule has 0 radical (unpaired) electrons. The molecule has 2 aromatic carbocycles. The summed E-state index contributed by atoms with van der Waals surface area (Å²) in [6, 6.07) is 14.9. The number of nitrogens with zero attached hydrogens (tertiary/aromatic N) is 2. The number of hydrogen-bond acceptors (Lipinski definition) is 7. The Bertz CT molecular complexity index is 1240. The highest BCUT2D eigenvalue weighted by molar-refractivity contribution is 5.82. The fraction of sp³-hybridized carbons (Fsp3) is 0.400. The lowest BCUT2D eigenvalue weighted by molar-refractivity contribution is -0.133. The van der Waals surface area contributed by atoms with Crippen molar-refractivity contribution in [2.45, 2.75) is 18.6 Å². The van der Waals surface area contributed by atoms with Crippen LogP contribution < -0.4 is 16.4 Å². The molecule has 1 unspecified atom stereocenters. The van der Waals surface area contributed by atoms with Gasteiger partial charge in [-0.25, -0.2) is 4.79 Å². The van der Waals surface area contributed by atoms with Crippen LogP contribution in [0.25, 0.3) is 22.2 Å². The number of amides is 1. The number of methoxy groups -OCH3 is 1. The van der Waals surface area contributed by atoms with E-state index in [4.69, 9.17) is 13.9 Å². The molecule has 3 atom stereocenters. The number of aryl methyl sites for hydroxylation is 1. The molecule has 0 saturated carbocycles. The normalized spacial score (nSPS) is 19.3. The molecule has 4 rings (SSSR count). The molecule has 0 bridgehead atoms. The van der Waals surface area contributed by atoms with Crippen LogP contribution in [0.5, 0.6) is 0 Å². The summed E-state index contributed by atoms with van der Waals surface area (Å²) >= 11 is 0. The van der Waals surface area contributed by atoms with Crippen LogP contribution in [0.4, 0.5) is 0 Å². The number of carbonyl (C=O) groups excluding carboxylic acids is 1. The number of ether oxygens (including phenoxy) is 2. The van der Waals surface area contributed by atoms with E-state index < -0.39 is 17.9 Å². The molecule has 1 aromatic heterocycles. The number of oxazole rings is 1. The lowest BCUT2D eigenvalue weighted by Gasteiger charge is -2.18. The molecule has 0 spiro atoms. The van der Waals surface area contributed by atoms with Crippen LogP contribution in [0.2, 0.25) is 0 Å². The van der Waals surface area contributed by atoms with Crippen molar-refractivity contribution in [2.24, 2.45) is 13.0 Å². The van der Waals surface area contributed by atoms with Crippen molar-refractivity contribution < 1.29 is 18.7 Å². The van der Waals surface area contributed by atoms with Crippen molar-refractivity contribution in [1.82, 2.24) is 15.2 Å². The second kappa shape index (κ2) is 10.7. The Labute approximate surface area is 197 Å². The first-order valence-corrected chi connectivity index (χ1v) is 11.2. The number of carbonyl (C=O) groups is 1. The highest BCUT2D eigenvalue weighted by Crippen LogP contribution is 2.24. The first-order chi connectivity index (χ1) is 16.5. The van der Waals surface area contributed by atoms with Crippen LogP contribution in [0.15, 0.2) is 51.7 Å². The van der Waals surface area contributed by atoms with Gasteiger partial charge in [0.1, 0.15) is 12.1 Å². The average Bonchev–Trinajstić information content (AvgIpc) is 3.00. The van der Waals surface area contributed by atoms with E-state index in [-0.39, 0.29) is 11.8 Å². The van der Waals surface area contributed by atoms with E-state index >= 15 is 0 Å². The molecule has 1 aliphatic rings. The molecule has 0 aliphatic carbocycles. The number of fused-ring (bicyclic) bond motifs is 1. The molecule has 34 heavy (non-hydrogen) atoms. The molecule has 2 N–H and O–H groups in total. The maximum absolute atomic E-state index is 12.7. The van der Waals surface area contributed by atoms with Crippen molar-refractivity contribution in [3.05, 3.63) is 58.6 Å². The first kappa shape index (κ1) is 23.7. The van der Waals surface area contributed by atoms with Crippen molar-refractivity contribution >= 4 is 17.0 Å². The fourth-order valence-corrected chi connectivity index (χ4v) is 4.07. The van der Waals surface area contributed by atoms with Gasteiger partial charge in [0.25, 0.3) is 5.91 Å². The van der Waals surface area contributed by atoms with Gasteiger partial charge in [-0.3, -0.25) is 9.36 Å². The molecule has 3 aromatic rings. The Balaban J connectivity index is 1.38. The zero-order chi connectivity index (χ0) is 24.1. The minimum atomic E-state index is -0.670. The third-order valence-electron chi connectivity index (χ3n) is 5.98. The molecule has 9 nitrogen and oxygen atoms in total. The summed E-state index contributed by atoms with van der Waals surface area (Å²) in [5.74, 6) is -0.508. The molecule has 1 aliphatic heterocycles. The lowest BCUT2D eigenvalue weighted by Crippen LogP contribution is -2.46. The van der Waals surface area contributed by atoms with E-state index in [1.165, 1.54) is 4.57 Å². The number of nitriles is 1. The van der Waals surface area contributed by atoms with Crippen molar-refractivity contribution in [3.8, 4) is 17.2 Å². The Morgan fingerprint density at radius 3 is 2.76 bits per heavy atom. The van der Waals surface area contributed by atoms with Crippen molar-refractivity contribution in [3.63, 3.8) is 0 Å². The summed E-state index contributed by atoms with van der Waals surface area (Å²) in [6.07, 6.45) is -0.265. The highest BCUT2D eigenvalue weighted by Gasteiger charge is 2.26. The maximum Gasteiger partial charge on any atom is 0.419 e. The van der Waals surface area contributed by atoms with Gasteiger partial charge in [-0.05, 0) is 28.8 Å². The third-order valence-corrected chi connectivity index (χ3v) is 5.98. The minimum absolute atomic E-state index is 0.187. The molecular weight excluding hydrogens is 436 g/mol. The van der Waals surface area contributed by atoms with Crippen LogP contribution in [0.3, 0.4) is 0 Å². The second-order valence-corrected chi connectivity index (χ2v) is 8.50. The molecular formula is C25H28N4O5. The summed E-state index contributed by atoms with van der Waals surface area (Å²) in [5.41, 5.74) is 4.11. The summed E-state index contributed by atoms with van der Waals surface area (Å²) < 4.78 is 17.6. The Morgan fingerprint density at radius 1 is 1.26 bits per heavy atom. The van der Waals surface area contributed by atoms with Gasteiger partial charge in [0, 0.05) is 39.6 Å². The number of rotatable bonds is 7. The second-order valence-electron chi connectivity index (χ2n) is 8.50. The fourth-order valence-electron chi connectivity index (χ4n) is 4.07. The Morgan fingerprint density at radius 2 is 2.03 bits per heavy atom. The van der Waals surface area contributed by atoms with E-state index in [2.05, 4.69) is 16.7 Å². The lowest BCUT2D eigenvalue weighted by atomic mass is 10.0. The van der Waals surface area contributed by atoms with Crippen LogP contribution in [-0.2, 0) is 27.7 Å². The average molecular weight is 465 g/mol. The first-order valence-electron chi connectivity index (χ1n) is 11.2. The van der Waals surface area contributed by atoms with Gasteiger partial charge < -0.3 is 24.5 Å². The number of hydrogen-bond donors (Lipinski definition) is 2. The molecule has 9 heteroatoms. The van der Waals surface area contributed by atoms with E-state index in [1.807, 2.05) is 36.4 Å². The topological polar surface area (TPSA) is 119 Å². The highest BCUT2D eigenvalue weighted by atomic mass is 16.5. The molecule has 2 heterocycles. The monoisotopic (exact) mass is 464 g/mol. The SMILES string of the molecule is COCC1CNC[C@@H](C(=O)N[C@H](C#N)Cc2ccc(-c3ccc4oc(=O)n(C)c4c3)cc2)OC1. The standard InChI is InChI=1S/C25H28N4O5/c1-29-21-10-19(7-8-22(21)34-25(29)31)18-5-3-16(4-6-18)9-20(11-26)28-24(30)23-13-27-12-17(14-32-2)15-33-23/h3-8,10,17,20,23,27H,9,12-15H2,1-2H3,(H,28,30)/t17?,20-,23-/m0/s1. The third kappa shape index (κ3) is 5.37. The van der Waals surface area contributed by atoms with E-state index in [1.54, 1.807) is 20.2 Å². The predicted octanol–water partition coefficient (Wildman–Crippen LogP) is 1.60. The summed E-state index contributed by atoms with van der Waals surface area (Å²) in [5, 5.41) is 15.6. The van der Waals surface area contributed by atoms with E-state index in [0.29, 0.717) is 31.8 Å². The summed E-state index contributed by atoms with van der Waals surface area (Å²) in [6.45, 7) is 2.10. The zero-order valence-electron chi connectivity index (χ0n) is 19.2. The number of benzene rings is 2. The van der Waals surface area contributed by atoms with Gasteiger partial charge in [0.15, 0.2) is 5.58 Å². The summed E-state index contributed by atoms with van der Waals surface area (Å²) in [4.78, 5) is 24.4.